The molecule has 0 aliphatic rings. The van der Waals surface area contributed by atoms with Gasteiger partial charge in [0.05, 0.1) is 5.66 Å². The Balaban J connectivity index is 2.44. The number of hydrogen-bond donors (Lipinski definition) is 2. The molecule has 2 heteroatoms. The van der Waals surface area contributed by atoms with Gasteiger partial charge in [0.1, 0.15) is 0 Å². The van der Waals surface area contributed by atoms with Crippen LogP contribution in [0.15, 0.2) is 30.3 Å². The third-order valence-corrected chi connectivity index (χ3v) is 2.27. The van der Waals surface area contributed by atoms with E-state index in [2.05, 4.69) is 24.4 Å². The maximum absolute atomic E-state index is 5.95. The highest BCUT2D eigenvalue weighted by Crippen LogP contribution is 2.03. The van der Waals surface area contributed by atoms with Gasteiger partial charge in [0.15, 0.2) is 0 Å². The van der Waals surface area contributed by atoms with Gasteiger partial charge in [-0.1, -0.05) is 37.3 Å². The molecule has 0 aliphatic carbocycles. The molecular formula is C11H18N2. The molecule has 1 aromatic carbocycles. The molecule has 72 valence electrons. The molecule has 0 saturated carbocycles. The molecule has 1 unspecified atom stereocenters. The smallest absolute Gasteiger partial charge is 0.0632 e. The zero-order valence-electron chi connectivity index (χ0n) is 8.38. The summed E-state index contributed by atoms with van der Waals surface area (Å²) in [4.78, 5) is 0. The van der Waals surface area contributed by atoms with Gasteiger partial charge in [0.2, 0.25) is 0 Å². The Bertz CT molecular complexity index is 242. The fourth-order valence-corrected chi connectivity index (χ4v) is 1.02. The van der Waals surface area contributed by atoms with Crippen molar-refractivity contribution in [2.24, 2.45) is 5.73 Å². The summed E-state index contributed by atoms with van der Waals surface area (Å²) in [6, 6.07) is 10.3. The Labute approximate surface area is 80.1 Å². The molecule has 0 spiro atoms. The molecule has 13 heavy (non-hydrogen) atoms. The van der Waals surface area contributed by atoms with Crippen LogP contribution < -0.4 is 11.1 Å². The van der Waals surface area contributed by atoms with E-state index in [1.54, 1.807) is 0 Å². The topological polar surface area (TPSA) is 38.0 Å². The third kappa shape index (κ3) is 3.57. The van der Waals surface area contributed by atoms with Crippen molar-refractivity contribution in [2.75, 3.05) is 0 Å². The zero-order valence-corrected chi connectivity index (χ0v) is 8.38. The summed E-state index contributed by atoms with van der Waals surface area (Å²) in [6.45, 7) is 4.93. The van der Waals surface area contributed by atoms with Crippen LogP contribution in [0.2, 0.25) is 0 Å². The van der Waals surface area contributed by atoms with Crippen molar-refractivity contribution >= 4 is 0 Å². The van der Waals surface area contributed by atoms with Crippen molar-refractivity contribution in [1.82, 2.24) is 5.32 Å². The van der Waals surface area contributed by atoms with Gasteiger partial charge in [-0.15, -0.1) is 0 Å². The van der Waals surface area contributed by atoms with E-state index in [0.717, 1.165) is 13.0 Å². The van der Waals surface area contributed by atoms with Crippen LogP contribution in [0.4, 0.5) is 0 Å². The van der Waals surface area contributed by atoms with E-state index in [0.29, 0.717) is 0 Å². The first kappa shape index (κ1) is 10.2. The van der Waals surface area contributed by atoms with Gasteiger partial charge in [-0.3, -0.25) is 5.32 Å². The first-order valence-corrected chi connectivity index (χ1v) is 4.72. The average molecular weight is 178 g/mol. The molecule has 0 bridgehead atoms. The number of nitrogens with one attached hydrogen (secondary N) is 1. The van der Waals surface area contributed by atoms with Crippen LogP contribution in [-0.2, 0) is 6.54 Å². The lowest BCUT2D eigenvalue weighted by Crippen LogP contribution is -2.49. The van der Waals surface area contributed by atoms with E-state index in [1.807, 2.05) is 25.1 Å². The minimum Gasteiger partial charge on any atom is -0.314 e. The van der Waals surface area contributed by atoms with Crippen molar-refractivity contribution in [3.05, 3.63) is 35.9 Å². The maximum atomic E-state index is 5.95. The summed E-state index contributed by atoms with van der Waals surface area (Å²) in [5, 5.41) is 3.30. The van der Waals surface area contributed by atoms with Crippen molar-refractivity contribution in [3.8, 4) is 0 Å². The molecule has 0 amide bonds. The van der Waals surface area contributed by atoms with Gasteiger partial charge in [-0.2, -0.15) is 0 Å². The molecule has 3 N–H and O–H groups in total. The van der Waals surface area contributed by atoms with E-state index < -0.39 is 0 Å². The Morgan fingerprint density at radius 2 is 1.92 bits per heavy atom. The third-order valence-electron chi connectivity index (χ3n) is 2.27. The van der Waals surface area contributed by atoms with Gasteiger partial charge in [-0.05, 0) is 18.9 Å². The van der Waals surface area contributed by atoms with Crippen molar-refractivity contribution in [1.29, 1.82) is 0 Å². The van der Waals surface area contributed by atoms with Gasteiger partial charge in [-0.25, -0.2) is 0 Å². The van der Waals surface area contributed by atoms with E-state index in [9.17, 15) is 0 Å². The maximum Gasteiger partial charge on any atom is 0.0632 e. The zero-order chi connectivity index (χ0) is 9.73. The van der Waals surface area contributed by atoms with Crippen LogP contribution in [0.25, 0.3) is 0 Å². The highest BCUT2D eigenvalue weighted by molar-refractivity contribution is 5.14. The largest absolute Gasteiger partial charge is 0.314 e. The average Bonchev–Trinajstić information content (AvgIpc) is 2.17. The van der Waals surface area contributed by atoms with Gasteiger partial charge in [0, 0.05) is 6.54 Å². The van der Waals surface area contributed by atoms with Crippen LogP contribution in [0.3, 0.4) is 0 Å². The van der Waals surface area contributed by atoms with Crippen molar-refractivity contribution in [2.45, 2.75) is 32.5 Å². The predicted molar refractivity (Wildman–Crippen MR) is 56.2 cm³/mol. The minimum absolute atomic E-state index is 0.254. The summed E-state index contributed by atoms with van der Waals surface area (Å²) >= 11 is 0. The lowest BCUT2D eigenvalue weighted by molar-refractivity contribution is 0.353. The summed E-state index contributed by atoms with van der Waals surface area (Å²) in [7, 11) is 0. The lowest BCUT2D eigenvalue weighted by Gasteiger charge is -2.24. The van der Waals surface area contributed by atoms with E-state index in [4.69, 9.17) is 5.73 Å². The highest BCUT2D eigenvalue weighted by Gasteiger charge is 2.13. The number of hydrogen-bond acceptors (Lipinski definition) is 2. The molecule has 0 radical (unpaired) electrons. The second-order valence-electron chi connectivity index (χ2n) is 3.61. The van der Waals surface area contributed by atoms with Crippen molar-refractivity contribution in [3.63, 3.8) is 0 Å². The molecule has 2 nitrogen and oxygen atoms in total. The van der Waals surface area contributed by atoms with Crippen LogP contribution >= 0.6 is 0 Å². The monoisotopic (exact) mass is 178 g/mol. The molecule has 0 aromatic heterocycles. The van der Waals surface area contributed by atoms with Gasteiger partial charge in [0.25, 0.3) is 0 Å². The molecule has 0 heterocycles. The quantitative estimate of drug-likeness (QED) is 0.691. The highest BCUT2D eigenvalue weighted by atomic mass is 15.1. The molecule has 0 fully saturated rings. The minimum atomic E-state index is -0.254. The summed E-state index contributed by atoms with van der Waals surface area (Å²) in [6.07, 6.45) is 0.930. The van der Waals surface area contributed by atoms with Gasteiger partial charge < -0.3 is 5.73 Å². The van der Waals surface area contributed by atoms with E-state index in [-0.39, 0.29) is 5.66 Å². The summed E-state index contributed by atoms with van der Waals surface area (Å²) < 4.78 is 0. The van der Waals surface area contributed by atoms with Crippen LogP contribution in [0.1, 0.15) is 25.8 Å². The van der Waals surface area contributed by atoms with E-state index >= 15 is 0 Å². The Hall–Kier alpha value is -0.860. The first-order valence-electron chi connectivity index (χ1n) is 4.72. The summed E-state index contributed by atoms with van der Waals surface area (Å²) in [5.74, 6) is 0. The lowest BCUT2D eigenvalue weighted by atomic mass is 10.1. The summed E-state index contributed by atoms with van der Waals surface area (Å²) in [5.41, 5.74) is 6.97. The van der Waals surface area contributed by atoms with E-state index in [1.165, 1.54) is 5.56 Å². The Morgan fingerprint density at radius 3 is 2.46 bits per heavy atom. The van der Waals surface area contributed by atoms with Crippen LogP contribution in [-0.4, -0.2) is 5.66 Å². The number of benzene rings is 1. The standard InChI is InChI=1S/C11H18N2/c1-3-11(2,12)13-9-10-7-5-4-6-8-10/h4-8,13H,3,9,12H2,1-2H3. The van der Waals surface area contributed by atoms with Crippen LogP contribution in [0.5, 0.6) is 0 Å². The molecule has 1 aromatic rings. The normalized spacial score (nSPS) is 15.3. The Kier molecular flexibility index (Phi) is 3.46. The molecular weight excluding hydrogens is 160 g/mol. The molecule has 0 saturated heterocycles. The number of rotatable bonds is 4. The first-order chi connectivity index (χ1) is 6.14. The van der Waals surface area contributed by atoms with Gasteiger partial charge >= 0.3 is 0 Å². The fourth-order valence-electron chi connectivity index (χ4n) is 1.02. The second kappa shape index (κ2) is 4.40. The van der Waals surface area contributed by atoms with Crippen LogP contribution in [0, 0.1) is 0 Å². The number of nitrogens with two attached hydrogens (primary N) is 1. The SMILES string of the molecule is CCC(C)(N)NCc1ccccc1. The second-order valence-corrected chi connectivity index (χ2v) is 3.61. The fraction of sp³-hybridized carbons (Fsp3) is 0.455. The Morgan fingerprint density at radius 1 is 1.31 bits per heavy atom. The predicted octanol–water partition coefficient (Wildman–Crippen LogP) is 1.86. The molecule has 1 atom stereocenters. The molecule has 0 aliphatic heterocycles. The van der Waals surface area contributed by atoms with Crippen molar-refractivity contribution < 1.29 is 0 Å². The molecule has 1 rings (SSSR count).